The Balaban J connectivity index is 1.92. The predicted molar refractivity (Wildman–Crippen MR) is 127 cm³/mol. The molecule has 0 bridgehead atoms. The molecule has 4 aromatic rings. The van der Waals surface area contributed by atoms with Crippen molar-refractivity contribution < 1.29 is 23.1 Å². The van der Waals surface area contributed by atoms with Gasteiger partial charge in [0.2, 0.25) is 0 Å². The second-order valence-electron chi connectivity index (χ2n) is 7.35. The van der Waals surface area contributed by atoms with Gasteiger partial charge in [0, 0.05) is 7.05 Å². The molecular weight excluding hydrogens is 484 g/mol. The molecule has 0 atom stereocenters. The molecule has 2 aromatic carbocycles. The number of halogens is 1. The zero-order valence-electron chi connectivity index (χ0n) is 18.2. The van der Waals surface area contributed by atoms with E-state index in [9.17, 15) is 23.1 Å². The second kappa shape index (κ2) is 8.50. The van der Waals surface area contributed by atoms with Crippen molar-refractivity contribution in [2.45, 2.75) is 11.8 Å². The van der Waals surface area contributed by atoms with Crippen molar-refractivity contribution >= 4 is 44.4 Å². The Morgan fingerprint density at radius 3 is 2.59 bits per heavy atom. The highest BCUT2D eigenvalue weighted by molar-refractivity contribution is 7.92. The first-order valence-corrected chi connectivity index (χ1v) is 11.7. The molecule has 0 amide bonds. The molecule has 0 aliphatic carbocycles. The van der Waals surface area contributed by atoms with E-state index in [0.717, 1.165) is 8.87 Å². The molecule has 4 rings (SSSR count). The number of nitrogens with zero attached hydrogens (tertiary/aromatic N) is 3. The van der Waals surface area contributed by atoms with Crippen LogP contribution in [-0.4, -0.2) is 48.2 Å². The number of aryl methyl sites for hydroxylation is 1. The third-order valence-electron chi connectivity index (χ3n) is 5.30. The fraction of sp³-hybridized carbons (Fsp3) is 0.136. The maximum absolute atomic E-state index is 13.4. The molecule has 0 aliphatic rings. The number of aromatic amines is 1. The number of imidazole rings is 1. The molecule has 2 heterocycles. The number of carboxylic acid groups (broad SMARTS) is 1. The maximum atomic E-state index is 13.4. The number of aromatic nitrogens is 3. The van der Waals surface area contributed by atoms with Gasteiger partial charge in [0.15, 0.2) is 11.3 Å². The van der Waals surface area contributed by atoms with Gasteiger partial charge < -0.3 is 14.8 Å². The lowest BCUT2D eigenvalue weighted by Gasteiger charge is -2.22. The van der Waals surface area contributed by atoms with E-state index >= 15 is 0 Å². The van der Waals surface area contributed by atoms with E-state index in [0.29, 0.717) is 22.5 Å². The lowest BCUT2D eigenvalue weighted by molar-refractivity contribution is 0.0690. The number of rotatable bonds is 6. The van der Waals surface area contributed by atoms with Gasteiger partial charge in [-0.1, -0.05) is 23.7 Å². The molecule has 34 heavy (non-hydrogen) atoms. The van der Waals surface area contributed by atoms with Crippen molar-refractivity contribution in [2.24, 2.45) is 0 Å². The molecule has 10 nitrogen and oxygen atoms in total. The van der Waals surface area contributed by atoms with Crippen LogP contribution in [0.15, 0.2) is 58.2 Å². The molecule has 0 fully saturated rings. The van der Waals surface area contributed by atoms with Crippen molar-refractivity contribution in [3.05, 3.63) is 75.3 Å². The molecule has 0 aliphatic heterocycles. The average molecular weight is 503 g/mol. The number of fused-ring (bicyclic) bond motifs is 1. The van der Waals surface area contributed by atoms with E-state index in [4.69, 9.17) is 16.3 Å². The molecule has 0 saturated heterocycles. The van der Waals surface area contributed by atoms with E-state index in [-0.39, 0.29) is 26.9 Å². The quantitative estimate of drug-likeness (QED) is 0.413. The number of benzene rings is 2. The summed E-state index contributed by atoms with van der Waals surface area (Å²) < 4.78 is 34.2. The Hall–Kier alpha value is -3.83. The molecule has 2 aromatic heterocycles. The smallest absolute Gasteiger partial charge is 0.354 e. The summed E-state index contributed by atoms with van der Waals surface area (Å²) in [5, 5.41) is 9.44. The Bertz CT molecular complexity index is 1610. The molecule has 12 heteroatoms. The number of carboxylic acids is 1. The molecule has 0 spiro atoms. The van der Waals surface area contributed by atoms with E-state index in [2.05, 4.69) is 9.97 Å². The van der Waals surface area contributed by atoms with Crippen LogP contribution in [0.4, 0.5) is 5.69 Å². The molecule has 176 valence electrons. The number of H-pyrrole nitrogens is 1. The van der Waals surface area contributed by atoms with Crippen LogP contribution in [0.1, 0.15) is 16.1 Å². The number of anilines is 1. The van der Waals surface area contributed by atoms with Crippen molar-refractivity contribution in [1.82, 2.24) is 14.5 Å². The first kappa shape index (κ1) is 23.3. The average Bonchev–Trinajstić information content (AvgIpc) is 3.14. The predicted octanol–water partition coefficient (Wildman–Crippen LogP) is 3.21. The minimum absolute atomic E-state index is 0.0110. The summed E-state index contributed by atoms with van der Waals surface area (Å²) in [4.78, 5) is 30.8. The highest BCUT2D eigenvalue weighted by Crippen LogP contribution is 2.33. The van der Waals surface area contributed by atoms with Crippen LogP contribution in [0.25, 0.3) is 16.9 Å². The maximum Gasteiger partial charge on any atom is 0.354 e. The van der Waals surface area contributed by atoms with Crippen molar-refractivity contribution in [3.8, 4) is 11.4 Å². The van der Waals surface area contributed by atoms with Gasteiger partial charge in [-0.15, -0.1) is 0 Å². The number of nitrogens with one attached hydrogen (secondary N) is 1. The minimum Gasteiger partial charge on any atom is -0.495 e. The Morgan fingerprint density at radius 2 is 1.91 bits per heavy atom. The number of hydrogen-bond donors (Lipinski definition) is 2. The zero-order valence-corrected chi connectivity index (χ0v) is 19.8. The molecule has 2 N–H and O–H groups in total. The highest BCUT2D eigenvalue weighted by atomic mass is 35.5. The van der Waals surface area contributed by atoms with Gasteiger partial charge >= 0.3 is 11.7 Å². The summed E-state index contributed by atoms with van der Waals surface area (Å²) >= 11 is 6.35. The SMILES string of the molecule is COc1ccccc1N(C)S(=O)(=O)c1ccc(Cl)c(-n2c(=O)[nH]c3c(C)cc(C(=O)O)nc32)c1. The Labute approximate surface area is 199 Å². The van der Waals surface area contributed by atoms with Gasteiger partial charge in [-0.3, -0.25) is 4.31 Å². The normalized spacial score (nSPS) is 11.5. The first-order chi connectivity index (χ1) is 16.1. The highest BCUT2D eigenvalue weighted by Gasteiger charge is 2.26. The topological polar surface area (TPSA) is 135 Å². The van der Waals surface area contributed by atoms with Crippen molar-refractivity contribution in [2.75, 3.05) is 18.5 Å². The number of sulfonamides is 1. The van der Waals surface area contributed by atoms with Crippen LogP contribution in [0.2, 0.25) is 5.02 Å². The summed E-state index contributed by atoms with van der Waals surface area (Å²) in [6.45, 7) is 1.63. The van der Waals surface area contributed by atoms with Crippen molar-refractivity contribution in [3.63, 3.8) is 0 Å². The molecular formula is C22H19ClN4O6S. The molecule has 0 unspecified atom stereocenters. The third-order valence-corrected chi connectivity index (χ3v) is 7.39. The zero-order chi connectivity index (χ0) is 24.8. The second-order valence-corrected chi connectivity index (χ2v) is 9.73. The molecule has 0 saturated carbocycles. The van der Waals surface area contributed by atoms with E-state index in [1.54, 1.807) is 31.2 Å². The lowest BCUT2D eigenvalue weighted by atomic mass is 10.2. The van der Waals surface area contributed by atoms with Gasteiger partial charge in [-0.05, 0) is 48.9 Å². The van der Waals surface area contributed by atoms with Crippen LogP contribution >= 0.6 is 11.6 Å². The van der Waals surface area contributed by atoms with E-state index < -0.39 is 21.7 Å². The minimum atomic E-state index is -4.10. The monoisotopic (exact) mass is 502 g/mol. The van der Waals surface area contributed by atoms with E-state index in [1.807, 2.05) is 0 Å². The van der Waals surface area contributed by atoms with Crippen LogP contribution in [0, 0.1) is 6.92 Å². The van der Waals surface area contributed by atoms with E-state index in [1.165, 1.54) is 38.4 Å². The van der Waals surface area contributed by atoms with Crippen LogP contribution in [0.3, 0.4) is 0 Å². The number of pyridine rings is 1. The van der Waals surface area contributed by atoms with Crippen LogP contribution < -0.4 is 14.7 Å². The number of aromatic carboxylic acids is 1. The van der Waals surface area contributed by atoms with Gasteiger partial charge in [-0.25, -0.2) is 27.6 Å². The summed E-state index contributed by atoms with van der Waals surface area (Å²) in [6.07, 6.45) is 0. The van der Waals surface area contributed by atoms with Crippen molar-refractivity contribution in [1.29, 1.82) is 0 Å². The van der Waals surface area contributed by atoms with Crippen LogP contribution in [0.5, 0.6) is 5.75 Å². The summed E-state index contributed by atoms with van der Waals surface area (Å²) in [6, 6.07) is 11.8. The Morgan fingerprint density at radius 1 is 1.21 bits per heavy atom. The number of methoxy groups -OCH3 is 1. The van der Waals surface area contributed by atoms with Gasteiger partial charge in [0.25, 0.3) is 10.0 Å². The van der Waals surface area contributed by atoms with Crippen LogP contribution in [-0.2, 0) is 10.0 Å². The number of ether oxygens (including phenoxy) is 1. The summed E-state index contributed by atoms with van der Waals surface area (Å²) in [7, 11) is -1.28. The fourth-order valence-electron chi connectivity index (χ4n) is 3.57. The third kappa shape index (κ3) is 3.78. The first-order valence-electron chi connectivity index (χ1n) is 9.83. The fourth-order valence-corrected chi connectivity index (χ4v) is 4.99. The summed E-state index contributed by atoms with van der Waals surface area (Å²) in [5.41, 5.74) is 0.226. The summed E-state index contributed by atoms with van der Waals surface area (Å²) in [5.74, 6) is -0.914. The molecule has 0 radical (unpaired) electrons. The van der Waals surface area contributed by atoms with Gasteiger partial charge in [-0.2, -0.15) is 0 Å². The van der Waals surface area contributed by atoms with Gasteiger partial charge in [0.05, 0.1) is 33.9 Å². The standard InChI is InChI=1S/C22H19ClN4O6S/c1-12-10-15(21(28)29)24-20-19(12)25-22(30)27(20)17-11-13(8-9-14(17)23)34(31,32)26(2)16-6-4-5-7-18(16)33-3/h4-11H,1-3H3,(H,25,30)(H,28,29). The number of carbonyl (C=O) groups is 1. The largest absolute Gasteiger partial charge is 0.495 e. The number of para-hydroxylation sites is 2. The van der Waals surface area contributed by atoms with Gasteiger partial charge in [0.1, 0.15) is 5.75 Å². The lowest BCUT2D eigenvalue weighted by Crippen LogP contribution is -2.27. The number of hydrogen-bond acceptors (Lipinski definition) is 6. The Kier molecular flexibility index (Phi) is 5.84.